The summed E-state index contributed by atoms with van der Waals surface area (Å²) in [7, 11) is 0. The van der Waals surface area contributed by atoms with E-state index in [2.05, 4.69) is 24.3 Å². The van der Waals surface area contributed by atoms with Crippen molar-refractivity contribution in [3.05, 3.63) is 17.5 Å². The molecule has 1 aliphatic carbocycles. The monoisotopic (exact) mass is 293 g/mol. The maximum Gasteiger partial charge on any atom is 0.306 e. The summed E-state index contributed by atoms with van der Waals surface area (Å²) in [4.78, 5) is 23.0. The number of aliphatic carboxylic acids is 1. The summed E-state index contributed by atoms with van der Waals surface area (Å²) in [6.45, 7) is 6.12. The van der Waals surface area contributed by atoms with E-state index in [-0.39, 0.29) is 17.9 Å². The smallest absolute Gasteiger partial charge is 0.306 e. The van der Waals surface area contributed by atoms with Crippen molar-refractivity contribution in [2.24, 2.45) is 5.92 Å². The third-order valence-electron chi connectivity index (χ3n) is 4.40. The molecule has 21 heavy (non-hydrogen) atoms. The molecule has 6 heteroatoms. The lowest BCUT2D eigenvalue weighted by Crippen LogP contribution is -2.46. The SMILES string of the molecule is CCC(CC)n1ncc(C(=O)NC2CC(C(=O)O)C2)c1C. The molecular formula is C15H23N3O3. The Balaban J connectivity index is 1.99. The van der Waals surface area contributed by atoms with Crippen molar-refractivity contribution in [2.45, 2.75) is 58.5 Å². The summed E-state index contributed by atoms with van der Waals surface area (Å²) in [5, 5.41) is 16.1. The van der Waals surface area contributed by atoms with Crippen LogP contribution in [0.3, 0.4) is 0 Å². The van der Waals surface area contributed by atoms with Crippen molar-refractivity contribution in [1.29, 1.82) is 0 Å². The minimum atomic E-state index is -0.779. The fraction of sp³-hybridized carbons (Fsp3) is 0.667. The Labute approximate surface area is 124 Å². The van der Waals surface area contributed by atoms with E-state index < -0.39 is 5.97 Å². The largest absolute Gasteiger partial charge is 0.481 e. The number of carboxylic acid groups (broad SMARTS) is 1. The number of nitrogens with one attached hydrogen (secondary N) is 1. The molecule has 1 saturated carbocycles. The molecule has 116 valence electrons. The van der Waals surface area contributed by atoms with Crippen LogP contribution in [0.5, 0.6) is 0 Å². The molecule has 2 rings (SSSR count). The highest BCUT2D eigenvalue weighted by Gasteiger charge is 2.35. The highest BCUT2D eigenvalue weighted by molar-refractivity contribution is 5.95. The van der Waals surface area contributed by atoms with Crippen LogP contribution in [0, 0.1) is 12.8 Å². The lowest BCUT2D eigenvalue weighted by atomic mass is 9.80. The quantitative estimate of drug-likeness (QED) is 0.841. The summed E-state index contributed by atoms with van der Waals surface area (Å²) < 4.78 is 1.91. The summed E-state index contributed by atoms with van der Waals surface area (Å²) >= 11 is 0. The third-order valence-corrected chi connectivity index (χ3v) is 4.40. The maximum absolute atomic E-state index is 12.2. The Kier molecular flexibility index (Phi) is 4.65. The molecule has 2 N–H and O–H groups in total. The third kappa shape index (κ3) is 3.09. The predicted octanol–water partition coefficient (Wildman–Crippen LogP) is 2.15. The predicted molar refractivity (Wildman–Crippen MR) is 78.2 cm³/mol. The first-order valence-electron chi connectivity index (χ1n) is 7.55. The fourth-order valence-electron chi connectivity index (χ4n) is 2.85. The van der Waals surface area contributed by atoms with Gasteiger partial charge in [0.25, 0.3) is 5.91 Å². The van der Waals surface area contributed by atoms with Crippen LogP contribution in [0.1, 0.15) is 61.6 Å². The van der Waals surface area contributed by atoms with Gasteiger partial charge in [-0.05, 0) is 32.6 Å². The van der Waals surface area contributed by atoms with Gasteiger partial charge in [-0.2, -0.15) is 5.10 Å². The van der Waals surface area contributed by atoms with Crippen molar-refractivity contribution in [2.75, 3.05) is 0 Å². The van der Waals surface area contributed by atoms with Gasteiger partial charge in [0.05, 0.1) is 23.7 Å². The Bertz CT molecular complexity index is 528. The number of rotatable bonds is 6. The van der Waals surface area contributed by atoms with Crippen LogP contribution in [0.2, 0.25) is 0 Å². The van der Waals surface area contributed by atoms with Crippen LogP contribution >= 0.6 is 0 Å². The van der Waals surface area contributed by atoms with Gasteiger partial charge in [-0.25, -0.2) is 0 Å². The van der Waals surface area contributed by atoms with E-state index in [9.17, 15) is 9.59 Å². The van der Waals surface area contributed by atoms with E-state index in [4.69, 9.17) is 5.11 Å². The van der Waals surface area contributed by atoms with E-state index in [1.54, 1.807) is 6.20 Å². The van der Waals surface area contributed by atoms with Gasteiger partial charge in [-0.15, -0.1) is 0 Å². The van der Waals surface area contributed by atoms with Crippen molar-refractivity contribution < 1.29 is 14.7 Å². The molecule has 1 aliphatic rings. The Morgan fingerprint density at radius 3 is 2.57 bits per heavy atom. The van der Waals surface area contributed by atoms with E-state index >= 15 is 0 Å². The summed E-state index contributed by atoms with van der Waals surface area (Å²) in [5.41, 5.74) is 1.45. The minimum absolute atomic E-state index is 0.0329. The molecule has 1 aromatic heterocycles. The first kappa shape index (κ1) is 15.5. The van der Waals surface area contributed by atoms with E-state index in [1.165, 1.54) is 0 Å². The van der Waals surface area contributed by atoms with Crippen LogP contribution in [0.4, 0.5) is 0 Å². The molecule has 0 saturated heterocycles. The van der Waals surface area contributed by atoms with Crippen LogP contribution in [-0.4, -0.2) is 32.8 Å². The second kappa shape index (κ2) is 6.28. The van der Waals surface area contributed by atoms with Gasteiger partial charge in [-0.1, -0.05) is 13.8 Å². The Morgan fingerprint density at radius 1 is 1.43 bits per heavy atom. The van der Waals surface area contributed by atoms with E-state index in [0.717, 1.165) is 18.5 Å². The van der Waals surface area contributed by atoms with E-state index in [1.807, 2.05) is 11.6 Å². The van der Waals surface area contributed by atoms with Crippen LogP contribution in [0.25, 0.3) is 0 Å². The molecule has 1 aromatic rings. The standard InChI is InChI=1S/C15H23N3O3/c1-4-12(5-2)18-9(3)13(8-16-18)14(19)17-11-6-10(7-11)15(20)21/h8,10-12H,4-7H2,1-3H3,(H,17,19)(H,20,21). The fourth-order valence-corrected chi connectivity index (χ4v) is 2.85. The molecular weight excluding hydrogens is 270 g/mol. The highest BCUT2D eigenvalue weighted by Crippen LogP contribution is 2.28. The molecule has 1 amide bonds. The molecule has 0 spiro atoms. The lowest BCUT2D eigenvalue weighted by molar-refractivity contribution is -0.145. The van der Waals surface area contributed by atoms with E-state index in [0.29, 0.717) is 24.4 Å². The van der Waals surface area contributed by atoms with Gasteiger partial charge in [0.1, 0.15) is 0 Å². The topological polar surface area (TPSA) is 84.2 Å². The normalized spacial score (nSPS) is 21.1. The number of carbonyl (C=O) groups is 2. The number of hydrogen-bond acceptors (Lipinski definition) is 3. The van der Waals surface area contributed by atoms with Gasteiger partial charge in [0, 0.05) is 11.7 Å². The number of nitrogens with zero attached hydrogens (tertiary/aromatic N) is 2. The number of carboxylic acids is 1. The van der Waals surface area contributed by atoms with Crippen molar-refractivity contribution in [3.63, 3.8) is 0 Å². The zero-order valence-electron chi connectivity index (χ0n) is 12.8. The van der Waals surface area contributed by atoms with Crippen LogP contribution < -0.4 is 5.32 Å². The van der Waals surface area contributed by atoms with Crippen LogP contribution in [0.15, 0.2) is 6.20 Å². The molecule has 0 bridgehead atoms. The van der Waals surface area contributed by atoms with Gasteiger partial charge < -0.3 is 10.4 Å². The highest BCUT2D eigenvalue weighted by atomic mass is 16.4. The van der Waals surface area contributed by atoms with Gasteiger partial charge in [0.15, 0.2) is 0 Å². The zero-order chi connectivity index (χ0) is 15.6. The second-order valence-electron chi connectivity index (χ2n) is 5.74. The average Bonchev–Trinajstić information content (AvgIpc) is 2.77. The average molecular weight is 293 g/mol. The number of carbonyl (C=O) groups excluding carboxylic acids is 1. The molecule has 0 radical (unpaired) electrons. The molecule has 1 fully saturated rings. The van der Waals surface area contributed by atoms with Gasteiger partial charge >= 0.3 is 5.97 Å². The molecule has 6 nitrogen and oxygen atoms in total. The van der Waals surface area contributed by atoms with Crippen LogP contribution in [-0.2, 0) is 4.79 Å². The summed E-state index contributed by atoms with van der Waals surface area (Å²) in [5.74, 6) is -1.25. The van der Waals surface area contributed by atoms with Crippen molar-refractivity contribution in [3.8, 4) is 0 Å². The molecule has 0 aliphatic heterocycles. The van der Waals surface area contributed by atoms with Gasteiger partial charge in [0.2, 0.25) is 0 Å². The number of hydrogen-bond donors (Lipinski definition) is 2. The van der Waals surface area contributed by atoms with Crippen molar-refractivity contribution >= 4 is 11.9 Å². The summed E-state index contributed by atoms with van der Waals surface area (Å²) in [6.07, 6.45) is 4.59. The molecule has 0 unspecified atom stereocenters. The van der Waals surface area contributed by atoms with Gasteiger partial charge in [-0.3, -0.25) is 14.3 Å². The molecule has 0 aromatic carbocycles. The van der Waals surface area contributed by atoms with Crippen molar-refractivity contribution in [1.82, 2.24) is 15.1 Å². The first-order valence-corrected chi connectivity index (χ1v) is 7.55. The Morgan fingerprint density at radius 2 is 2.05 bits per heavy atom. The molecule has 0 atom stereocenters. The number of aromatic nitrogens is 2. The maximum atomic E-state index is 12.2. The lowest BCUT2D eigenvalue weighted by Gasteiger charge is -2.32. The first-order chi connectivity index (χ1) is 9.97. The summed E-state index contributed by atoms with van der Waals surface area (Å²) in [6, 6.07) is 0.279. The number of amides is 1. The Hall–Kier alpha value is -1.85. The second-order valence-corrected chi connectivity index (χ2v) is 5.74. The molecule has 1 heterocycles. The minimum Gasteiger partial charge on any atom is -0.481 e. The zero-order valence-corrected chi connectivity index (χ0v) is 12.8.